The quantitative estimate of drug-likeness (QED) is 0.339. The van der Waals surface area contributed by atoms with E-state index in [-0.39, 0.29) is 5.41 Å². The normalized spacial score (nSPS) is 32.3. The van der Waals surface area contributed by atoms with Gasteiger partial charge in [-0.1, -0.05) is 90.9 Å². The van der Waals surface area contributed by atoms with Gasteiger partial charge in [-0.05, 0) is 56.3 Å². The standard InChI is InChI=1S/C25H45N/c1-3-5-7-9-11-22-13-15-24(16-14-22)25(21-26)19-17-23(18-20-25)12-10-8-6-4-2/h22-24H,3-20H2,1-2H3/t22?,23-,24?,25-. The first-order valence-electron chi connectivity index (χ1n) is 12.1. The van der Waals surface area contributed by atoms with Gasteiger partial charge in [0.2, 0.25) is 0 Å². The second kappa shape index (κ2) is 12.0. The molecule has 0 spiro atoms. The summed E-state index contributed by atoms with van der Waals surface area (Å²) in [6.45, 7) is 4.59. The summed E-state index contributed by atoms with van der Waals surface area (Å²) in [4.78, 5) is 0. The first-order valence-corrected chi connectivity index (χ1v) is 12.1. The van der Waals surface area contributed by atoms with Crippen molar-refractivity contribution >= 4 is 0 Å². The molecule has 0 aromatic heterocycles. The highest BCUT2D eigenvalue weighted by Gasteiger charge is 2.43. The van der Waals surface area contributed by atoms with Crippen LogP contribution in [0.3, 0.4) is 0 Å². The minimum Gasteiger partial charge on any atom is -0.198 e. The number of rotatable bonds is 11. The Labute approximate surface area is 164 Å². The predicted molar refractivity (Wildman–Crippen MR) is 113 cm³/mol. The molecular formula is C25H45N. The van der Waals surface area contributed by atoms with E-state index in [1.54, 1.807) is 0 Å². The summed E-state index contributed by atoms with van der Waals surface area (Å²) in [5.74, 6) is 2.59. The van der Waals surface area contributed by atoms with E-state index in [4.69, 9.17) is 0 Å². The van der Waals surface area contributed by atoms with Gasteiger partial charge >= 0.3 is 0 Å². The van der Waals surface area contributed by atoms with E-state index >= 15 is 0 Å². The minimum atomic E-state index is 0.0487. The molecule has 0 atom stereocenters. The Hall–Kier alpha value is -0.510. The van der Waals surface area contributed by atoms with Crippen molar-refractivity contribution in [1.29, 1.82) is 5.26 Å². The average molecular weight is 360 g/mol. The second-order valence-electron chi connectivity index (χ2n) is 9.63. The van der Waals surface area contributed by atoms with Gasteiger partial charge in [-0.2, -0.15) is 5.26 Å². The lowest BCUT2D eigenvalue weighted by atomic mass is 9.59. The van der Waals surface area contributed by atoms with Crippen molar-refractivity contribution in [2.45, 2.75) is 129 Å². The van der Waals surface area contributed by atoms with Gasteiger partial charge in [0, 0.05) is 0 Å². The Kier molecular flexibility index (Phi) is 10.1. The lowest BCUT2D eigenvalue weighted by Crippen LogP contribution is -2.36. The topological polar surface area (TPSA) is 23.8 Å². The molecule has 2 saturated carbocycles. The van der Waals surface area contributed by atoms with E-state index < -0.39 is 0 Å². The van der Waals surface area contributed by atoms with Crippen LogP contribution in [0.15, 0.2) is 0 Å². The number of hydrogen-bond acceptors (Lipinski definition) is 1. The number of hydrogen-bond donors (Lipinski definition) is 0. The van der Waals surface area contributed by atoms with Crippen LogP contribution in [0.2, 0.25) is 0 Å². The summed E-state index contributed by atoms with van der Waals surface area (Å²) in [5.41, 5.74) is 0.0487. The Balaban J connectivity index is 1.70. The van der Waals surface area contributed by atoms with E-state index in [1.165, 1.54) is 116 Å². The van der Waals surface area contributed by atoms with Crippen LogP contribution >= 0.6 is 0 Å². The Morgan fingerprint density at radius 1 is 0.692 bits per heavy atom. The van der Waals surface area contributed by atoms with E-state index in [0.29, 0.717) is 5.92 Å². The van der Waals surface area contributed by atoms with Crippen LogP contribution in [-0.2, 0) is 0 Å². The summed E-state index contributed by atoms with van der Waals surface area (Å²) < 4.78 is 0. The van der Waals surface area contributed by atoms with Gasteiger partial charge in [-0.15, -0.1) is 0 Å². The molecule has 1 nitrogen and oxygen atoms in total. The number of unbranched alkanes of at least 4 members (excludes halogenated alkanes) is 6. The zero-order chi connectivity index (χ0) is 18.7. The Morgan fingerprint density at radius 3 is 1.65 bits per heavy atom. The summed E-state index contributed by atoms with van der Waals surface area (Å²) in [6.07, 6.45) is 24.6. The number of nitrogens with zero attached hydrogens (tertiary/aromatic N) is 1. The van der Waals surface area contributed by atoms with Gasteiger partial charge in [0.1, 0.15) is 0 Å². The molecule has 0 aromatic rings. The molecule has 0 saturated heterocycles. The molecule has 0 aromatic carbocycles. The first kappa shape index (κ1) is 21.8. The highest BCUT2D eigenvalue weighted by molar-refractivity contribution is 5.06. The maximum absolute atomic E-state index is 10.0. The van der Waals surface area contributed by atoms with E-state index in [2.05, 4.69) is 19.9 Å². The van der Waals surface area contributed by atoms with Gasteiger partial charge in [-0.25, -0.2) is 0 Å². The van der Waals surface area contributed by atoms with Gasteiger partial charge in [0.05, 0.1) is 11.5 Å². The highest BCUT2D eigenvalue weighted by Crippen LogP contribution is 2.51. The second-order valence-corrected chi connectivity index (χ2v) is 9.63. The molecule has 2 aliphatic carbocycles. The van der Waals surface area contributed by atoms with Crippen molar-refractivity contribution in [1.82, 2.24) is 0 Å². The summed E-state index contributed by atoms with van der Waals surface area (Å²) in [6, 6.07) is 2.86. The molecule has 2 aliphatic rings. The molecule has 2 rings (SSSR count). The fourth-order valence-electron chi connectivity index (χ4n) is 5.82. The lowest BCUT2D eigenvalue weighted by Gasteiger charge is -2.43. The van der Waals surface area contributed by atoms with Crippen LogP contribution in [0.1, 0.15) is 129 Å². The smallest absolute Gasteiger partial charge is 0.0692 e. The van der Waals surface area contributed by atoms with E-state index in [9.17, 15) is 5.26 Å². The van der Waals surface area contributed by atoms with E-state index in [1.807, 2.05) is 0 Å². The molecule has 0 heterocycles. The maximum atomic E-state index is 10.0. The fraction of sp³-hybridized carbons (Fsp3) is 0.960. The Bertz CT molecular complexity index is 391. The molecule has 2 fully saturated rings. The van der Waals surface area contributed by atoms with Crippen molar-refractivity contribution in [3.05, 3.63) is 0 Å². The largest absolute Gasteiger partial charge is 0.198 e. The van der Waals surface area contributed by atoms with E-state index in [0.717, 1.165) is 11.8 Å². The van der Waals surface area contributed by atoms with Crippen molar-refractivity contribution in [2.75, 3.05) is 0 Å². The lowest BCUT2D eigenvalue weighted by molar-refractivity contribution is 0.0842. The predicted octanol–water partition coefficient (Wildman–Crippen LogP) is 8.43. The van der Waals surface area contributed by atoms with Gasteiger partial charge in [0.15, 0.2) is 0 Å². The van der Waals surface area contributed by atoms with Crippen LogP contribution in [0.5, 0.6) is 0 Å². The first-order chi connectivity index (χ1) is 12.7. The Morgan fingerprint density at radius 2 is 1.19 bits per heavy atom. The molecule has 0 bridgehead atoms. The SMILES string of the molecule is CCCCCCC1CCC([C@]2(C#N)CC[C@@H](CCCCCC)CC2)CC1. The molecule has 0 unspecified atom stereocenters. The molecule has 0 amide bonds. The van der Waals surface area contributed by atoms with Crippen LogP contribution < -0.4 is 0 Å². The third-order valence-electron chi connectivity index (χ3n) is 7.78. The summed E-state index contributed by atoms with van der Waals surface area (Å²) in [7, 11) is 0. The van der Waals surface area contributed by atoms with Gasteiger partial charge < -0.3 is 0 Å². The zero-order valence-corrected chi connectivity index (χ0v) is 17.9. The van der Waals surface area contributed by atoms with Crippen LogP contribution in [0, 0.1) is 34.5 Å². The van der Waals surface area contributed by atoms with Gasteiger partial charge in [-0.3, -0.25) is 0 Å². The molecule has 0 radical (unpaired) electrons. The van der Waals surface area contributed by atoms with Crippen molar-refractivity contribution in [2.24, 2.45) is 23.2 Å². The molecule has 150 valence electrons. The summed E-state index contributed by atoms with van der Waals surface area (Å²) >= 11 is 0. The highest BCUT2D eigenvalue weighted by atomic mass is 14.5. The third kappa shape index (κ3) is 6.58. The molecule has 0 N–H and O–H groups in total. The van der Waals surface area contributed by atoms with Crippen molar-refractivity contribution in [3.63, 3.8) is 0 Å². The maximum Gasteiger partial charge on any atom is 0.0692 e. The molecule has 26 heavy (non-hydrogen) atoms. The number of nitriles is 1. The zero-order valence-electron chi connectivity index (χ0n) is 17.9. The minimum absolute atomic E-state index is 0.0487. The van der Waals surface area contributed by atoms with Crippen molar-refractivity contribution < 1.29 is 0 Å². The van der Waals surface area contributed by atoms with Crippen LogP contribution in [0.4, 0.5) is 0 Å². The van der Waals surface area contributed by atoms with Crippen LogP contribution in [-0.4, -0.2) is 0 Å². The van der Waals surface area contributed by atoms with Crippen molar-refractivity contribution in [3.8, 4) is 6.07 Å². The fourth-order valence-corrected chi connectivity index (χ4v) is 5.82. The monoisotopic (exact) mass is 359 g/mol. The van der Waals surface area contributed by atoms with Crippen LogP contribution in [0.25, 0.3) is 0 Å². The average Bonchev–Trinajstić information content (AvgIpc) is 2.70. The molecule has 1 heteroatoms. The van der Waals surface area contributed by atoms with Gasteiger partial charge in [0.25, 0.3) is 0 Å². The molecular weight excluding hydrogens is 314 g/mol. The summed E-state index contributed by atoms with van der Waals surface area (Å²) in [5, 5.41) is 10.0. The molecule has 0 aliphatic heterocycles. The third-order valence-corrected chi connectivity index (χ3v) is 7.78.